The van der Waals surface area contributed by atoms with Gasteiger partial charge in [0.25, 0.3) is 0 Å². The molecule has 1 aromatic heterocycles. The molecule has 1 unspecified atom stereocenters. The zero-order chi connectivity index (χ0) is 13.4. The number of nitrogens with one attached hydrogen (secondary N) is 1. The van der Waals surface area contributed by atoms with Gasteiger partial charge < -0.3 is 15.8 Å². The molecule has 0 amide bonds. The van der Waals surface area contributed by atoms with E-state index in [-0.39, 0.29) is 17.0 Å². The fraction of sp³-hybridized carbons (Fsp3) is 0.133. The molecule has 0 aliphatic rings. The van der Waals surface area contributed by atoms with Crippen LogP contribution in [-0.4, -0.2) is 22.1 Å². The van der Waals surface area contributed by atoms with Crippen LogP contribution in [0.5, 0.6) is 0 Å². The average Bonchev–Trinajstić information content (AvgIpc) is 2.76. The normalized spacial score (nSPS) is 12.2. The smallest absolute Gasteiger partial charge is 0.320 e. The first-order valence-electron chi connectivity index (χ1n) is 6.13. The van der Waals surface area contributed by atoms with E-state index in [0.29, 0.717) is 6.42 Å². The zero-order valence-electron chi connectivity index (χ0n) is 10.7. The van der Waals surface area contributed by atoms with Crippen LogP contribution in [-0.2, 0) is 11.2 Å². The molecule has 1 atom stereocenters. The standard InChI is InChI=1S/C15H14N2O2.BrH/c16-12(15(18)19)8-9-5-6-14-11(7-9)10-3-1-2-4-13(10)17-14;/h1-7,12,17H,8,16H2,(H,18,19);1H. The van der Waals surface area contributed by atoms with Gasteiger partial charge in [-0.05, 0) is 30.2 Å². The summed E-state index contributed by atoms with van der Waals surface area (Å²) < 4.78 is 0. The molecule has 20 heavy (non-hydrogen) atoms. The van der Waals surface area contributed by atoms with Crippen molar-refractivity contribution in [1.29, 1.82) is 0 Å². The Hall–Kier alpha value is -1.85. The average molecular weight is 335 g/mol. The van der Waals surface area contributed by atoms with E-state index in [1.54, 1.807) is 0 Å². The maximum atomic E-state index is 10.8. The molecule has 3 aromatic rings. The fourth-order valence-electron chi connectivity index (χ4n) is 2.36. The molecule has 0 aliphatic carbocycles. The van der Waals surface area contributed by atoms with E-state index in [0.717, 1.165) is 27.4 Å². The number of hydrogen-bond acceptors (Lipinski definition) is 2. The minimum atomic E-state index is -0.973. The lowest BCUT2D eigenvalue weighted by atomic mass is 10.0. The largest absolute Gasteiger partial charge is 0.480 e. The number of carboxylic acids is 1. The minimum Gasteiger partial charge on any atom is -0.480 e. The summed E-state index contributed by atoms with van der Waals surface area (Å²) in [5.74, 6) is -0.973. The Morgan fingerprint density at radius 3 is 2.60 bits per heavy atom. The van der Waals surface area contributed by atoms with Crippen molar-refractivity contribution >= 4 is 44.8 Å². The summed E-state index contributed by atoms with van der Waals surface area (Å²) in [7, 11) is 0. The maximum Gasteiger partial charge on any atom is 0.320 e. The second-order valence-electron chi connectivity index (χ2n) is 4.70. The van der Waals surface area contributed by atoms with Crippen LogP contribution in [0.15, 0.2) is 42.5 Å². The molecule has 0 bridgehead atoms. The minimum absolute atomic E-state index is 0. The van der Waals surface area contributed by atoms with Crippen LogP contribution in [0.3, 0.4) is 0 Å². The van der Waals surface area contributed by atoms with Crippen LogP contribution in [0, 0.1) is 0 Å². The first-order valence-corrected chi connectivity index (χ1v) is 6.13. The molecule has 0 saturated heterocycles. The summed E-state index contributed by atoms with van der Waals surface area (Å²) in [6.07, 6.45) is 0.338. The van der Waals surface area contributed by atoms with Gasteiger partial charge in [0.15, 0.2) is 0 Å². The number of hydrogen-bond donors (Lipinski definition) is 3. The van der Waals surface area contributed by atoms with E-state index in [2.05, 4.69) is 11.1 Å². The van der Waals surface area contributed by atoms with Gasteiger partial charge in [-0.2, -0.15) is 0 Å². The predicted octanol–water partition coefficient (Wildman–Crippen LogP) is 2.85. The number of fused-ring (bicyclic) bond motifs is 3. The number of carboxylic acid groups (broad SMARTS) is 1. The van der Waals surface area contributed by atoms with Gasteiger partial charge in [0.2, 0.25) is 0 Å². The number of nitrogens with two attached hydrogens (primary N) is 1. The highest BCUT2D eigenvalue weighted by molar-refractivity contribution is 8.93. The molecule has 1 heterocycles. The summed E-state index contributed by atoms with van der Waals surface area (Å²) in [4.78, 5) is 14.1. The molecular formula is C15H15BrN2O2. The number of halogens is 1. The Labute approximate surface area is 126 Å². The molecule has 4 N–H and O–H groups in total. The van der Waals surface area contributed by atoms with Crippen molar-refractivity contribution in [2.24, 2.45) is 5.73 Å². The molecule has 0 saturated carbocycles. The van der Waals surface area contributed by atoms with Gasteiger partial charge in [0.05, 0.1) is 0 Å². The number of H-pyrrole nitrogens is 1. The van der Waals surface area contributed by atoms with Gasteiger partial charge >= 0.3 is 5.97 Å². The fourth-order valence-corrected chi connectivity index (χ4v) is 2.36. The Bertz CT molecular complexity index is 767. The van der Waals surface area contributed by atoms with Gasteiger partial charge in [0.1, 0.15) is 6.04 Å². The Kier molecular flexibility index (Phi) is 4.11. The van der Waals surface area contributed by atoms with Crippen molar-refractivity contribution in [2.45, 2.75) is 12.5 Å². The quantitative estimate of drug-likeness (QED) is 0.689. The van der Waals surface area contributed by atoms with E-state index in [1.807, 2.05) is 36.4 Å². The van der Waals surface area contributed by atoms with E-state index in [1.165, 1.54) is 0 Å². The third-order valence-corrected chi connectivity index (χ3v) is 3.34. The van der Waals surface area contributed by atoms with Crippen LogP contribution >= 0.6 is 17.0 Å². The second kappa shape index (κ2) is 5.64. The van der Waals surface area contributed by atoms with E-state index < -0.39 is 12.0 Å². The van der Waals surface area contributed by atoms with Crippen molar-refractivity contribution in [3.8, 4) is 0 Å². The van der Waals surface area contributed by atoms with Crippen molar-refractivity contribution in [2.75, 3.05) is 0 Å². The number of carbonyl (C=O) groups is 1. The molecular weight excluding hydrogens is 320 g/mol. The van der Waals surface area contributed by atoms with Crippen molar-refractivity contribution in [3.63, 3.8) is 0 Å². The monoisotopic (exact) mass is 334 g/mol. The summed E-state index contributed by atoms with van der Waals surface area (Å²) in [6.45, 7) is 0. The molecule has 3 rings (SSSR count). The van der Waals surface area contributed by atoms with Crippen LogP contribution in [0.25, 0.3) is 21.8 Å². The topological polar surface area (TPSA) is 79.1 Å². The van der Waals surface area contributed by atoms with Crippen LogP contribution in [0.2, 0.25) is 0 Å². The number of aliphatic carboxylic acids is 1. The molecule has 0 radical (unpaired) electrons. The summed E-state index contributed by atoms with van der Waals surface area (Å²) in [5.41, 5.74) is 8.64. The van der Waals surface area contributed by atoms with Crippen LogP contribution < -0.4 is 5.73 Å². The van der Waals surface area contributed by atoms with Gasteiger partial charge in [-0.1, -0.05) is 24.3 Å². The van der Waals surface area contributed by atoms with E-state index in [9.17, 15) is 4.79 Å². The van der Waals surface area contributed by atoms with Gasteiger partial charge in [-0.25, -0.2) is 0 Å². The van der Waals surface area contributed by atoms with Crippen molar-refractivity contribution in [3.05, 3.63) is 48.0 Å². The number of rotatable bonds is 3. The highest BCUT2D eigenvalue weighted by Crippen LogP contribution is 2.26. The molecule has 0 spiro atoms. The highest BCUT2D eigenvalue weighted by Gasteiger charge is 2.13. The Morgan fingerprint density at radius 1 is 1.15 bits per heavy atom. The van der Waals surface area contributed by atoms with Crippen LogP contribution in [0.4, 0.5) is 0 Å². The second-order valence-corrected chi connectivity index (χ2v) is 4.70. The van der Waals surface area contributed by atoms with E-state index >= 15 is 0 Å². The van der Waals surface area contributed by atoms with Crippen molar-refractivity contribution < 1.29 is 9.90 Å². The molecule has 104 valence electrons. The lowest BCUT2D eigenvalue weighted by Gasteiger charge is -2.06. The summed E-state index contributed by atoms with van der Waals surface area (Å²) >= 11 is 0. The Balaban J connectivity index is 0.00000147. The summed E-state index contributed by atoms with van der Waals surface area (Å²) in [6, 6.07) is 13.1. The third-order valence-electron chi connectivity index (χ3n) is 3.34. The molecule has 5 heteroatoms. The molecule has 0 aliphatic heterocycles. The first kappa shape index (κ1) is 14.6. The maximum absolute atomic E-state index is 10.8. The van der Waals surface area contributed by atoms with E-state index in [4.69, 9.17) is 10.8 Å². The first-order chi connectivity index (χ1) is 9.15. The van der Waals surface area contributed by atoms with Crippen LogP contribution in [0.1, 0.15) is 5.56 Å². The number of benzene rings is 2. The number of para-hydroxylation sites is 1. The number of aromatic nitrogens is 1. The molecule has 4 nitrogen and oxygen atoms in total. The third kappa shape index (κ3) is 2.55. The lowest BCUT2D eigenvalue weighted by Crippen LogP contribution is -2.32. The van der Waals surface area contributed by atoms with Gasteiger partial charge in [-0.15, -0.1) is 17.0 Å². The highest BCUT2D eigenvalue weighted by atomic mass is 79.9. The van der Waals surface area contributed by atoms with Gasteiger partial charge in [0, 0.05) is 21.8 Å². The van der Waals surface area contributed by atoms with Crippen molar-refractivity contribution in [1.82, 2.24) is 4.98 Å². The molecule has 0 fully saturated rings. The SMILES string of the molecule is Br.NC(Cc1ccc2[nH]c3ccccc3c2c1)C(=O)O. The zero-order valence-corrected chi connectivity index (χ0v) is 12.4. The lowest BCUT2D eigenvalue weighted by molar-refractivity contribution is -0.138. The molecule has 2 aromatic carbocycles. The number of aromatic amines is 1. The predicted molar refractivity (Wildman–Crippen MR) is 85.4 cm³/mol. The van der Waals surface area contributed by atoms with Gasteiger partial charge in [-0.3, -0.25) is 4.79 Å². The Morgan fingerprint density at radius 2 is 1.85 bits per heavy atom. The summed E-state index contributed by atoms with van der Waals surface area (Å²) in [5, 5.41) is 11.1.